The van der Waals surface area contributed by atoms with Crippen LogP contribution in [0.3, 0.4) is 0 Å². The van der Waals surface area contributed by atoms with E-state index in [0.717, 1.165) is 25.4 Å². The molecule has 2 N–H and O–H groups in total. The Morgan fingerprint density at radius 2 is 2.00 bits per heavy atom. The first-order valence-corrected chi connectivity index (χ1v) is 7.20. The first-order valence-electron chi connectivity index (χ1n) is 7.20. The van der Waals surface area contributed by atoms with Crippen LogP contribution in [0.2, 0.25) is 0 Å². The van der Waals surface area contributed by atoms with Crippen molar-refractivity contribution >= 4 is 5.91 Å². The van der Waals surface area contributed by atoms with Gasteiger partial charge in [-0.25, -0.2) is 0 Å². The van der Waals surface area contributed by atoms with Crippen LogP contribution in [0.5, 0.6) is 0 Å². The topological polar surface area (TPSA) is 41.1 Å². The summed E-state index contributed by atoms with van der Waals surface area (Å²) in [6, 6.07) is 0. The van der Waals surface area contributed by atoms with Gasteiger partial charge in [-0.15, -0.1) is 0 Å². The zero-order chi connectivity index (χ0) is 12.5. The van der Waals surface area contributed by atoms with E-state index in [9.17, 15) is 4.79 Å². The molecule has 1 aliphatic carbocycles. The molecule has 17 heavy (non-hydrogen) atoms. The van der Waals surface area contributed by atoms with Crippen molar-refractivity contribution in [2.24, 2.45) is 11.8 Å². The van der Waals surface area contributed by atoms with Crippen LogP contribution in [0.25, 0.3) is 0 Å². The fourth-order valence-corrected chi connectivity index (χ4v) is 2.69. The lowest BCUT2D eigenvalue weighted by molar-refractivity contribution is -0.125. The third-order valence-electron chi connectivity index (χ3n) is 3.89. The molecule has 3 heteroatoms. The third-order valence-corrected chi connectivity index (χ3v) is 3.89. The summed E-state index contributed by atoms with van der Waals surface area (Å²) < 4.78 is 0. The SMILES string of the molecule is CCC(CNC)C(=O)NCCC1CCCCC1. The molecule has 0 aromatic heterocycles. The van der Waals surface area contributed by atoms with E-state index in [1.165, 1.54) is 38.5 Å². The number of amides is 1. The van der Waals surface area contributed by atoms with Crippen molar-refractivity contribution in [1.29, 1.82) is 0 Å². The molecule has 1 saturated carbocycles. The Morgan fingerprint density at radius 3 is 2.59 bits per heavy atom. The standard InChI is InChI=1S/C14H28N2O/c1-3-13(11-15-2)14(17)16-10-9-12-7-5-4-6-8-12/h12-13,15H,3-11H2,1-2H3,(H,16,17). The van der Waals surface area contributed by atoms with Crippen LogP contribution in [0.15, 0.2) is 0 Å². The predicted octanol–water partition coefficient (Wildman–Crippen LogP) is 2.32. The Kier molecular flexibility index (Phi) is 7.25. The highest BCUT2D eigenvalue weighted by Gasteiger charge is 2.16. The monoisotopic (exact) mass is 240 g/mol. The molecule has 0 aliphatic heterocycles. The van der Waals surface area contributed by atoms with Gasteiger partial charge in [0.2, 0.25) is 5.91 Å². The van der Waals surface area contributed by atoms with Crippen LogP contribution in [0.1, 0.15) is 51.9 Å². The van der Waals surface area contributed by atoms with Gasteiger partial charge < -0.3 is 10.6 Å². The molecule has 0 spiro atoms. The lowest BCUT2D eigenvalue weighted by Gasteiger charge is -2.22. The van der Waals surface area contributed by atoms with E-state index in [4.69, 9.17) is 0 Å². The summed E-state index contributed by atoms with van der Waals surface area (Å²) in [4.78, 5) is 11.9. The molecule has 3 nitrogen and oxygen atoms in total. The van der Waals surface area contributed by atoms with E-state index in [-0.39, 0.29) is 11.8 Å². The Hall–Kier alpha value is -0.570. The summed E-state index contributed by atoms with van der Waals surface area (Å²) >= 11 is 0. The zero-order valence-electron chi connectivity index (χ0n) is 11.4. The van der Waals surface area contributed by atoms with E-state index in [2.05, 4.69) is 17.6 Å². The Labute approximate surface area is 106 Å². The maximum atomic E-state index is 11.9. The largest absolute Gasteiger partial charge is 0.356 e. The number of carbonyl (C=O) groups is 1. The summed E-state index contributed by atoms with van der Waals surface area (Å²) in [5.74, 6) is 1.21. The fraction of sp³-hybridized carbons (Fsp3) is 0.929. The quantitative estimate of drug-likeness (QED) is 0.717. The van der Waals surface area contributed by atoms with E-state index >= 15 is 0 Å². The zero-order valence-corrected chi connectivity index (χ0v) is 11.4. The van der Waals surface area contributed by atoms with Gasteiger partial charge in [0.1, 0.15) is 0 Å². The highest BCUT2D eigenvalue weighted by molar-refractivity contribution is 5.78. The molecule has 1 aliphatic rings. The van der Waals surface area contributed by atoms with Gasteiger partial charge >= 0.3 is 0 Å². The van der Waals surface area contributed by atoms with Gasteiger partial charge in [0, 0.05) is 13.1 Å². The maximum absolute atomic E-state index is 11.9. The van der Waals surface area contributed by atoms with Crippen molar-refractivity contribution in [2.45, 2.75) is 51.9 Å². The van der Waals surface area contributed by atoms with Crippen LogP contribution in [-0.2, 0) is 4.79 Å². The van der Waals surface area contributed by atoms with E-state index in [0.29, 0.717) is 0 Å². The second-order valence-corrected chi connectivity index (χ2v) is 5.25. The van der Waals surface area contributed by atoms with Gasteiger partial charge in [0.05, 0.1) is 5.92 Å². The predicted molar refractivity (Wildman–Crippen MR) is 71.9 cm³/mol. The summed E-state index contributed by atoms with van der Waals surface area (Å²) in [5, 5.41) is 6.17. The van der Waals surface area contributed by atoms with Crippen molar-refractivity contribution in [2.75, 3.05) is 20.1 Å². The molecule has 1 unspecified atom stereocenters. The Bertz CT molecular complexity index is 212. The Morgan fingerprint density at radius 1 is 1.29 bits per heavy atom. The van der Waals surface area contributed by atoms with Crippen molar-refractivity contribution in [1.82, 2.24) is 10.6 Å². The molecule has 0 aromatic carbocycles. The smallest absolute Gasteiger partial charge is 0.224 e. The maximum Gasteiger partial charge on any atom is 0.224 e. The Balaban J connectivity index is 2.13. The number of rotatable bonds is 7. The third kappa shape index (κ3) is 5.53. The van der Waals surface area contributed by atoms with Crippen LogP contribution in [0.4, 0.5) is 0 Å². The average molecular weight is 240 g/mol. The number of hydrogen-bond acceptors (Lipinski definition) is 2. The van der Waals surface area contributed by atoms with Gasteiger partial charge in [0.15, 0.2) is 0 Å². The first-order chi connectivity index (χ1) is 8.27. The first kappa shape index (κ1) is 14.5. The average Bonchev–Trinajstić information content (AvgIpc) is 2.37. The number of carbonyl (C=O) groups excluding carboxylic acids is 1. The van der Waals surface area contributed by atoms with Gasteiger partial charge in [-0.2, -0.15) is 0 Å². The summed E-state index contributed by atoms with van der Waals surface area (Å²) in [7, 11) is 1.90. The molecule has 0 radical (unpaired) electrons. The molecular weight excluding hydrogens is 212 g/mol. The fourth-order valence-electron chi connectivity index (χ4n) is 2.69. The summed E-state index contributed by atoms with van der Waals surface area (Å²) in [5.41, 5.74) is 0. The normalized spacial score (nSPS) is 18.9. The molecule has 1 amide bonds. The summed E-state index contributed by atoms with van der Waals surface area (Å²) in [6.45, 7) is 3.72. The molecule has 1 fully saturated rings. The van der Waals surface area contributed by atoms with E-state index < -0.39 is 0 Å². The van der Waals surface area contributed by atoms with Crippen LogP contribution >= 0.6 is 0 Å². The van der Waals surface area contributed by atoms with Crippen molar-refractivity contribution < 1.29 is 4.79 Å². The minimum absolute atomic E-state index is 0.131. The lowest BCUT2D eigenvalue weighted by atomic mass is 9.87. The molecule has 0 aromatic rings. The van der Waals surface area contributed by atoms with Gasteiger partial charge in [-0.05, 0) is 25.8 Å². The highest BCUT2D eigenvalue weighted by atomic mass is 16.1. The molecule has 0 heterocycles. The van der Waals surface area contributed by atoms with E-state index in [1.54, 1.807) is 0 Å². The van der Waals surface area contributed by atoms with Crippen molar-refractivity contribution in [3.05, 3.63) is 0 Å². The minimum Gasteiger partial charge on any atom is -0.356 e. The van der Waals surface area contributed by atoms with Crippen molar-refractivity contribution in [3.63, 3.8) is 0 Å². The molecular formula is C14H28N2O. The minimum atomic E-state index is 0.131. The molecule has 100 valence electrons. The van der Waals surface area contributed by atoms with Gasteiger partial charge in [-0.3, -0.25) is 4.79 Å². The summed E-state index contributed by atoms with van der Waals surface area (Å²) in [6.07, 6.45) is 8.99. The number of nitrogens with one attached hydrogen (secondary N) is 2. The second-order valence-electron chi connectivity index (χ2n) is 5.25. The van der Waals surface area contributed by atoms with Crippen LogP contribution in [-0.4, -0.2) is 26.0 Å². The molecule has 0 bridgehead atoms. The van der Waals surface area contributed by atoms with Crippen molar-refractivity contribution in [3.8, 4) is 0 Å². The van der Waals surface area contributed by atoms with E-state index in [1.807, 2.05) is 7.05 Å². The van der Waals surface area contributed by atoms with Crippen LogP contribution < -0.4 is 10.6 Å². The van der Waals surface area contributed by atoms with Gasteiger partial charge in [0.25, 0.3) is 0 Å². The van der Waals surface area contributed by atoms with Gasteiger partial charge in [-0.1, -0.05) is 39.0 Å². The number of hydrogen-bond donors (Lipinski definition) is 2. The second kappa shape index (κ2) is 8.51. The lowest BCUT2D eigenvalue weighted by Crippen LogP contribution is -2.36. The highest BCUT2D eigenvalue weighted by Crippen LogP contribution is 2.25. The molecule has 1 atom stereocenters. The molecule has 0 saturated heterocycles. The molecule has 1 rings (SSSR count). The van der Waals surface area contributed by atoms with Crippen LogP contribution in [0, 0.1) is 11.8 Å².